The Morgan fingerprint density at radius 3 is 2.88 bits per heavy atom. The number of aryl methyl sites for hydroxylation is 1. The molecule has 1 aliphatic rings. The number of esters is 1. The van der Waals surface area contributed by atoms with Gasteiger partial charge >= 0.3 is 5.97 Å². The van der Waals surface area contributed by atoms with Crippen molar-refractivity contribution in [2.75, 3.05) is 19.0 Å². The third-order valence-electron chi connectivity index (χ3n) is 4.08. The van der Waals surface area contributed by atoms with Gasteiger partial charge in [-0.2, -0.15) is 0 Å². The third kappa shape index (κ3) is 3.51. The molecule has 0 fully saturated rings. The Balaban J connectivity index is 1.94. The maximum Gasteiger partial charge on any atom is 0.341 e. The average molecular weight is 360 g/mol. The summed E-state index contributed by atoms with van der Waals surface area (Å²) >= 11 is 1.45. The van der Waals surface area contributed by atoms with E-state index in [2.05, 4.69) is 10.3 Å². The second-order valence-corrected chi connectivity index (χ2v) is 6.76. The summed E-state index contributed by atoms with van der Waals surface area (Å²) in [5, 5.41) is 3.39. The lowest BCUT2D eigenvalue weighted by atomic mass is 9.95. The van der Waals surface area contributed by atoms with Crippen LogP contribution in [-0.4, -0.2) is 30.6 Å². The van der Waals surface area contributed by atoms with Gasteiger partial charge in [0.05, 0.1) is 19.3 Å². The number of methoxy groups -OCH3 is 1. The number of amides is 1. The molecule has 0 bridgehead atoms. The Labute approximate surface area is 150 Å². The normalized spacial score (nSPS) is 13.0. The number of nitrogens with one attached hydrogen (secondary N) is 1. The summed E-state index contributed by atoms with van der Waals surface area (Å²) in [7, 11) is 1.36. The molecular formula is C18H20N2O4S. The van der Waals surface area contributed by atoms with Crippen LogP contribution in [0.15, 0.2) is 18.3 Å². The van der Waals surface area contributed by atoms with E-state index in [0.717, 1.165) is 36.1 Å². The van der Waals surface area contributed by atoms with Crippen molar-refractivity contribution in [3.8, 4) is 5.88 Å². The molecule has 0 unspecified atom stereocenters. The van der Waals surface area contributed by atoms with Crippen LogP contribution in [0, 0.1) is 0 Å². The van der Waals surface area contributed by atoms with Gasteiger partial charge in [0, 0.05) is 11.1 Å². The summed E-state index contributed by atoms with van der Waals surface area (Å²) in [6, 6.07) is 3.33. The van der Waals surface area contributed by atoms with E-state index in [0.29, 0.717) is 22.7 Å². The molecule has 2 aromatic rings. The minimum absolute atomic E-state index is 0.281. The maximum atomic E-state index is 12.7. The fourth-order valence-electron chi connectivity index (χ4n) is 2.96. The molecule has 25 heavy (non-hydrogen) atoms. The number of nitrogens with zero attached hydrogens (tertiary/aromatic N) is 1. The van der Waals surface area contributed by atoms with Crippen molar-refractivity contribution >= 4 is 28.2 Å². The van der Waals surface area contributed by atoms with Gasteiger partial charge in [0.25, 0.3) is 5.91 Å². The SMILES string of the molecule is CCOc1ncccc1C(=O)Nc1sc2c(c1C(=O)OC)CCCC2. The van der Waals surface area contributed by atoms with Crippen LogP contribution in [0.2, 0.25) is 0 Å². The van der Waals surface area contributed by atoms with E-state index < -0.39 is 5.97 Å². The highest BCUT2D eigenvalue weighted by Crippen LogP contribution is 2.38. The molecule has 1 aliphatic carbocycles. The van der Waals surface area contributed by atoms with Crippen LogP contribution in [0.3, 0.4) is 0 Å². The first-order valence-electron chi connectivity index (χ1n) is 8.27. The van der Waals surface area contributed by atoms with Gasteiger partial charge in [-0.3, -0.25) is 4.79 Å². The van der Waals surface area contributed by atoms with Gasteiger partial charge in [-0.15, -0.1) is 11.3 Å². The Morgan fingerprint density at radius 2 is 2.12 bits per heavy atom. The average Bonchev–Trinajstić information content (AvgIpc) is 2.99. The van der Waals surface area contributed by atoms with E-state index in [9.17, 15) is 9.59 Å². The second-order valence-electron chi connectivity index (χ2n) is 5.65. The van der Waals surface area contributed by atoms with Gasteiger partial charge in [0.15, 0.2) is 0 Å². The molecule has 0 radical (unpaired) electrons. The Morgan fingerprint density at radius 1 is 1.32 bits per heavy atom. The van der Waals surface area contributed by atoms with Crippen molar-refractivity contribution in [3.63, 3.8) is 0 Å². The number of carbonyl (C=O) groups excluding carboxylic acids is 2. The predicted molar refractivity (Wildman–Crippen MR) is 95.7 cm³/mol. The number of aromatic nitrogens is 1. The maximum absolute atomic E-state index is 12.7. The van der Waals surface area contributed by atoms with E-state index in [1.165, 1.54) is 18.4 Å². The van der Waals surface area contributed by atoms with E-state index in [4.69, 9.17) is 9.47 Å². The minimum Gasteiger partial charge on any atom is -0.477 e. The lowest BCUT2D eigenvalue weighted by Gasteiger charge is -2.12. The second kappa shape index (κ2) is 7.65. The van der Waals surface area contributed by atoms with Crippen molar-refractivity contribution in [2.45, 2.75) is 32.6 Å². The number of thiophene rings is 1. The molecule has 0 aromatic carbocycles. The number of hydrogen-bond donors (Lipinski definition) is 1. The summed E-state index contributed by atoms with van der Waals surface area (Å²) in [5.41, 5.74) is 1.83. The monoisotopic (exact) mass is 360 g/mol. The molecule has 132 valence electrons. The van der Waals surface area contributed by atoms with Gasteiger partial charge in [0.1, 0.15) is 10.6 Å². The van der Waals surface area contributed by atoms with Crippen LogP contribution in [0.5, 0.6) is 5.88 Å². The van der Waals surface area contributed by atoms with Crippen molar-refractivity contribution < 1.29 is 19.1 Å². The summed E-state index contributed by atoms with van der Waals surface area (Å²) in [4.78, 5) is 30.2. The van der Waals surface area contributed by atoms with E-state index in [-0.39, 0.29) is 11.8 Å². The van der Waals surface area contributed by atoms with Crippen molar-refractivity contribution in [1.29, 1.82) is 0 Å². The predicted octanol–water partition coefficient (Wildman–Crippen LogP) is 3.46. The highest BCUT2D eigenvalue weighted by molar-refractivity contribution is 7.17. The fourth-order valence-corrected chi connectivity index (χ4v) is 4.23. The van der Waals surface area contributed by atoms with Crippen LogP contribution in [0.1, 0.15) is 50.9 Å². The highest BCUT2D eigenvalue weighted by atomic mass is 32.1. The molecule has 2 aromatic heterocycles. The standard InChI is InChI=1S/C18H20N2O4S/c1-3-24-16-12(8-6-10-19-16)15(21)20-17-14(18(22)23-2)11-7-4-5-9-13(11)25-17/h6,8,10H,3-5,7,9H2,1-2H3,(H,20,21). The summed E-state index contributed by atoms with van der Waals surface area (Å²) in [6.45, 7) is 2.25. The zero-order valence-electron chi connectivity index (χ0n) is 14.3. The van der Waals surface area contributed by atoms with Crippen LogP contribution < -0.4 is 10.1 Å². The zero-order valence-corrected chi connectivity index (χ0v) is 15.1. The van der Waals surface area contributed by atoms with Crippen molar-refractivity contribution in [2.24, 2.45) is 0 Å². The number of carbonyl (C=O) groups is 2. The number of ether oxygens (including phenoxy) is 2. The first-order valence-corrected chi connectivity index (χ1v) is 9.09. The number of pyridine rings is 1. The molecule has 0 atom stereocenters. The molecular weight excluding hydrogens is 340 g/mol. The van der Waals surface area contributed by atoms with Gasteiger partial charge in [-0.25, -0.2) is 9.78 Å². The minimum atomic E-state index is -0.411. The molecule has 3 rings (SSSR count). The molecule has 0 aliphatic heterocycles. The molecule has 0 saturated heterocycles. The molecule has 2 heterocycles. The van der Waals surface area contributed by atoms with Gasteiger partial charge in [0.2, 0.25) is 5.88 Å². The summed E-state index contributed by atoms with van der Waals surface area (Å²) in [6.07, 6.45) is 5.47. The summed E-state index contributed by atoms with van der Waals surface area (Å²) < 4.78 is 10.3. The summed E-state index contributed by atoms with van der Waals surface area (Å²) in [5.74, 6) is -0.477. The van der Waals surface area contributed by atoms with E-state index >= 15 is 0 Å². The molecule has 6 nitrogen and oxygen atoms in total. The Hall–Kier alpha value is -2.41. The first-order chi connectivity index (χ1) is 12.2. The molecule has 1 N–H and O–H groups in total. The quantitative estimate of drug-likeness (QED) is 0.826. The number of hydrogen-bond acceptors (Lipinski definition) is 6. The van der Waals surface area contributed by atoms with Crippen LogP contribution >= 0.6 is 11.3 Å². The van der Waals surface area contributed by atoms with Gasteiger partial charge in [-0.05, 0) is 50.3 Å². The largest absolute Gasteiger partial charge is 0.477 e. The Bertz CT molecular complexity index is 800. The van der Waals surface area contributed by atoms with Crippen LogP contribution in [0.4, 0.5) is 5.00 Å². The molecule has 0 spiro atoms. The Kier molecular flexibility index (Phi) is 5.33. The van der Waals surface area contributed by atoms with Crippen molar-refractivity contribution in [3.05, 3.63) is 39.9 Å². The van der Waals surface area contributed by atoms with E-state index in [1.807, 2.05) is 6.92 Å². The van der Waals surface area contributed by atoms with Gasteiger partial charge in [-0.1, -0.05) is 0 Å². The number of anilines is 1. The lowest BCUT2D eigenvalue weighted by Crippen LogP contribution is -2.16. The smallest absolute Gasteiger partial charge is 0.341 e. The third-order valence-corrected chi connectivity index (χ3v) is 5.29. The molecule has 0 saturated carbocycles. The van der Waals surface area contributed by atoms with Crippen LogP contribution in [0.25, 0.3) is 0 Å². The number of rotatable bonds is 5. The highest BCUT2D eigenvalue weighted by Gasteiger charge is 2.27. The van der Waals surface area contributed by atoms with Crippen LogP contribution in [-0.2, 0) is 17.6 Å². The fraction of sp³-hybridized carbons (Fsp3) is 0.389. The topological polar surface area (TPSA) is 77.5 Å². The number of fused-ring (bicyclic) bond motifs is 1. The van der Waals surface area contributed by atoms with Gasteiger partial charge < -0.3 is 14.8 Å². The van der Waals surface area contributed by atoms with Crippen molar-refractivity contribution in [1.82, 2.24) is 4.98 Å². The first kappa shape index (κ1) is 17.4. The lowest BCUT2D eigenvalue weighted by molar-refractivity contribution is 0.0601. The van der Waals surface area contributed by atoms with E-state index in [1.54, 1.807) is 18.3 Å². The zero-order chi connectivity index (χ0) is 17.8. The molecule has 1 amide bonds. The molecule has 7 heteroatoms.